The van der Waals surface area contributed by atoms with Gasteiger partial charge in [0.05, 0.1) is 11.5 Å². The summed E-state index contributed by atoms with van der Waals surface area (Å²) in [6.45, 7) is 6.54. The Morgan fingerprint density at radius 1 is 1.29 bits per heavy atom. The van der Waals surface area contributed by atoms with E-state index < -0.39 is 10.0 Å². The molecule has 2 N–H and O–H groups in total. The molecule has 0 atom stereocenters. The van der Waals surface area contributed by atoms with Gasteiger partial charge in [0.25, 0.3) is 0 Å². The molecule has 0 radical (unpaired) electrons. The minimum absolute atomic E-state index is 0.0250. The van der Waals surface area contributed by atoms with Crippen LogP contribution in [0.25, 0.3) is 0 Å². The van der Waals surface area contributed by atoms with E-state index in [9.17, 15) is 8.42 Å². The third kappa shape index (κ3) is 4.18. The molecule has 1 aromatic rings. The van der Waals surface area contributed by atoms with Gasteiger partial charge in [-0.3, -0.25) is 0 Å². The average Bonchev–Trinajstić information content (AvgIpc) is 2.46. The van der Waals surface area contributed by atoms with Gasteiger partial charge in [0.1, 0.15) is 0 Å². The molecule has 0 bridgehead atoms. The molecule has 0 spiro atoms. The van der Waals surface area contributed by atoms with E-state index in [0.29, 0.717) is 18.8 Å². The van der Waals surface area contributed by atoms with E-state index in [1.807, 2.05) is 20.8 Å². The zero-order valence-electron chi connectivity index (χ0n) is 13.3. The lowest BCUT2D eigenvalue weighted by molar-refractivity contribution is 0.163. The van der Waals surface area contributed by atoms with Crippen LogP contribution in [0.2, 0.25) is 0 Å². The summed E-state index contributed by atoms with van der Waals surface area (Å²) >= 11 is 0. The lowest BCUT2D eigenvalue weighted by Crippen LogP contribution is -2.41. The Balaban J connectivity index is 3.21. The van der Waals surface area contributed by atoms with Gasteiger partial charge < -0.3 is 10.5 Å². The van der Waals surface area contributed by atoms with Crippen LogP contribution >= 0.6 is 0 Å². The highest BCUT2D eigenvalue weighted by molar-refractivity contribution is 7.89. The molecule has 120 valence electrons. The number of nitrogens with two attached hydrogens (primary N) is 1. The molecule has 0 saturated heterocycles. The van der Waals surface area contributed by atoms with Crippen molar-refractivity contribution in [2.45, 2.75) is 44.6 Å². The molecule has 0 unspecified atom stereocenters. The van der Waals surface area contributed by atoms with Gasteiger partial charge in [-0.15, -0.1) is 0 Å². The second-order valence-electron chi connectivity index (χ2n) is 5.10. The number of aryl methyl sites for hydroxylation is 1. The number of ether oxygens (including phenoxy) is 1. The number of sulfonamides is 1. The van der Waals surface area contributed by atoms with Crippen molar-refractivity contribution >= 4 is 15.7 Å². The third-order valence-corrected chi connectivity index (χ3v) is 5.66. The highest BCUT2D eigenvalue weighted by atomic mass is 32.2. The van der Waals surface area contributed by atoms with Gasteiger partial charge >= 0.3 is 0 Å². The fraction of sp³-hybridized carbons (Fsp3) is 0.600. The van der Waals surface area contributed by atoms with E-state index in [0.717, 1.165) is 18.4 Å². The van der Waals surface area contributed by atoms with E-state index in [1.165, 1.54) is 0 Å². The summed E-state index contributed by atoms with van der Waals surface area (Å²) in [5.41, 5.74) is 7.14. The van der Waals surface area contributed by atoms with Gasteiger partial charge in [-0.2, -0.15) is 4.31 Å². The van der Waals surface area contributed by atoms with E-state index in [4.69, 9.17) is 10.5 Å². The van der Waals surface area contributed by atoms with Crippen molar-refractivity contribution in [3.05, 3.63) is 23.8 Å². The smallest absolute Gasteiger partial charge is 0.243 e. The summed E-state index contributed by atoms with van der Waals surface area (Å²) in [6.07, 6.45) is 1.54. The molecule has 0 fully saturated rings. The zero-order valence-corrected chi connectivity index (χ0v) is 14.1. The fourth-order valence-corrected chi connectivity index (χ4v) is 4.16. The van der Waals surface area contributed by atoms with E-state index >= 15 is 0 Å². The number of hydrogen-bond acceptors (Lipinski definition) is 4. The predicted octanol–water partition coefficient (Wildman–Crippen LogP) is 2.40. The molecule has 0 aliphatic heterocycles. The maximum absolute atomic E-state index is 12.9. The number of rotatable bonds is 8. The summed E-state index contributed by atoms with van der Waals surface area (Å²) in [6, 6.07) is 4.82. The number of nitrogen functional groups attached to an aromatic ring is 1. The normalized spacial score (nSPS) is 12.3. The summed E-state index contributed by atoms with van der Waals surface area (Å²) in [5, 5.41) is 0. The lowest BCUT2D eigenvalue weighted by atomic mass is 10.2. The van der Waals surface area contributed by atoms with E-state index in [1.54, 1.807) is 29.6 Å². The van der Waals surface area contributed by atoms with Crippen LogP contribution in [-0.4, -0.2) is 39.0 Å². The average molecular weight is 314 g/mol. The highest BCUT2D eigenvalue weighted by Gasteiger charge is 2.29. The first kappa shape index (κ1) is 17.9. The number of methoxy groups -OCH3 is 1. The lowest BCUT2D eigenvalue weighted by Gasteiger charge is -2.29. The van der Waals surface area contributed by atoms with Crippen molar-refractivity contribution in [3.63, 3.8) is 0 Å². The number of nitrogens with zero attached hydrogens (tertiary/aromatic N) is 1. The van der Waals surface area contributed by atoms with E-state index in [-0.39, 0.29) is 10.9 Å². The monoisotopic (exact) mass is 314 g/mol. The standard InChI is InChI=1S/C15H26N2O3S/c1-5-13(6-2)17(9-10-20-4)21(18,19)14-7-8-15(16)12(3)11-14/h7-8,11,13H,5-6,9-10,16H2,1-4H3. The SMILES string of the molecule is CCC(CC)N(CCOC)S(=O)(=O)c1ccc(N)c(C)c1. The summed E-state index contributed by atoms with van der Waals surface area (Å²) < 4.78 is 32.4. The summed E-state index contributed by atoms with van der Waals surface area (Å²) in [4.78, 5) is 0.289. The van der Waals surface area contributed by atoms with Crippen LogP contribution in [0, 0.1) is 6.92 Å². The van der Waals surface area contributed by atoms with Crippen molar-refractivity contribution in [2.75, 3.05) is 26.0 Å². The quantitative estimate of drug-likeness (QED) is 0.748. The minimum Gasteiger partial charge on any atom is -0.399 e. The second-order valence-corrected chi connectivity index (χ2v) is 6.99. The van der Waals surface area contributed by atoms with Gasteiger partial charge in [-0.1, -0.05) is 13.8 Å². The molecule has 21 heavy (non-hydrogen) atoms. The summed E-state index contributed by atoms with van der Waals surface area (Å²) in [7, 11) is -1.96. The maximum atomic E-state index is 12.9. The first-order valence-corrected chi connectivity index (χ1v) is 8.69. The van der Waals surface area contributed by atoms with Crippen LogP contribution in [0.15, 0.2) is 23.1 Å². The van der Waals surface area contributed by atoms with Gasteiger partial charge in [0.2, 0.25) is 10.0 Å². The molecule has 0 aliphatic carbocycles. The maximum Gasteiger partial charge on any atom is 0.243 e. The van der Waals surface area contributed by atoms with Crippen molar-refractivity contribution < 1.29 is 13.2 Å². The Hall–Kier alpha value is -1.11. The Kier molecular flexibility index (Phi) is 6.64. The van der Waals surface area contributed by atoms with Crippen molar-refractivity contribution in [3.8, 4) is 0 Å². The molecule has 0 aromatic heterocycles. The van der Waals surface area contributed by atoms with E-state index in [2.05, 4.69) is 0 Å². The van der Waals surface area contributed by atoms with Crippen molar-refractivity contribution in [2.24, 2.45) is 0 Å². The van der Waals surface area contributed by atoms with Crippen LogP contribution in [0.5, 0.6) is 0 Å². The molecule has 1 aromatic carbocycles. The Morgan fingerprint density at radius 2 is 1.90 bits per heavy atom. The van der Waals surface area contributed by atoms with Crippen LogP contribution in [0.4, 0.5) is 5.69 Å². The first-order valence-electron chi connectivity index (χ1n) is 7.25. The first-order chi connectivity index (χ1) is 9.88. The predicted molar refractivity (Wildman–Crippen MR) is 85.7 cm³/mol. The molecule has 1 rings (SSSR count). The van der Waals surface area contributed by atoms with Crippen LogP contribution in [0.3, 0.4) is 0 Å². The van der Waals surface area contributed by atoms with Crippen LogP contribution in [-0.2, 0) is 14.8 Å². The highest BCUT2D eigenvalue weighted by Crippen LogP contribution is 2.24. The topological polar surface area (TPSA) is 72.6 Å². The fourth-order valence-electron chi connectivity index (χ4n) is 2.32. The molecule has 6 heteroatoms. The molecule has 0 amide bonds. The second kappa shape index (κ2) is 7.77. The number of hydrogen-bond donors (Lipinski definition) is 1. The Labute approximate surface area is 128 Å². The van der Waals surface area contributed by atoms with Gasteiger partial charge in [-0.25, -0.2) is 8.42 Å². The van der Waals surface area contributed by atoms with Crippen LogP contribution in [0.1, 0.15) is 32.3 Å². The summed E-state index contributed by atoms with van der Waals surface area (Å²) in [5.74, 6) is 0. The molecule has 5 nitrogen and oxygen atoms in total. The molecule has 0 heterocycles. The largest absolute Gasteiger partial charge is 0.399 e. The third-order valence-electron chi connectivity index (χ3n) is 3.71. The number of benzene rings is 1. The Morgan fingerprint density at radius 3 is 2.38 bits per heavy atom. The molecule has 0 saturated carbocycles. The zero-order chi connectivity index (χ0) is 16.0. The molecule has 0 aliphatic rings. The van der Waals surface area contributed by atoms with Crippen LogP contribution < -0.4 is 5.73 Å². The van der Waals surface area contributed by atoms with Gasteiger partial charge in [0, 0.05) is 25.4 Å². The van der Waals surface area contributed by atoms with Gasteiger partial charge in [0.15, 0.2) is 0 Å². The minimum atomic E-state index is -3.54. The van der Waals surface area contributed by atoms with Crippen molar-refractivity contribution in [1.82, 2.24) is 4.31 Å². The van der Waals surface area contributed by atoms with Crippen molar-refractivity contribution in [1.29, 1.82) is 0 Å². The molecular formula is C15H26N2O3S. The molecular weight excluding hydrogens is 288 g/mol. The number of anilines is 1. The Bertz CT molecular complexity index is 554. The van der Waals surface area contributed by atoms with Gasteiger partial charge in [-0.05, 0) is 43.5 Å².